The van der Waals surface area contributed by atoms with Crippen LogP contribution in [0.2, 0.25) is 0 Å². The largest absolute Gasteiger partial charge is 0.396 e. The van der Waals surface area contributed by atoms with E-state index in [4.69, 9.17) is 10.1 Å². The first kappa shape index (κ1) is 24.4. The fourth-order valence-corrected chi connectivity index (χ4v) is 7.13. The highest BCUT2D eigenvalue weighted by atomic mass is 35.5. The summed E-state index contributed by atoms with van der Waals surface area (Å²) in [5.74, 6) is 2.77. The molecule has 4 saturated carbocycles. The number of pyridine rings is 1. The van der Waals surface area contributed by atoms with E-state index < -0.39 is 0 Å². The highest BCUT2D eigenvalue weighted by Crippen LogP contribution is 2.59. The average molecular weight is 472 g/mol. The van der Waals surface area contributed by atoms with Gasteiger partial charge >= 0.3 is 0 Å². The number of carbonyl (C=O) groups is 1. The molecule has 6 heteroatoms. The fourth-order valence-electron chi connectivity index (χ4n) is 7.13. The van der Waals surface area contributed by atoms with Gasteiger partial charge in [0, 0.05) is 29.8 Å². The van der Waals surface area contributed by atoms with Gasteiger partial charge in [-0.05, 0) is 112 Å². The lowest BCUT2D eigenvalue weighted by atomic mass is 9.49. The molecule has 4 fully saturated rings. The molecule has 4 bridgehead atoms. The van der Waals surface area contributed by atoms with Crippen LogP contribution >= 0.6 is 12.4 Å². The van der Waals surface area contributed by atoms with Crippen molar-refractivity contribution in [1.82, 2.24) is 15.6 Å². The molecule has 0 aliphatic heterocycles. The summed E-state index contributed by atoms with van der Waals surface area (Å²) in [6.45, 7) is 2.84. The van der Waals surface area contributed by atoms with Crippen LogP contribution < -0.4 is 10.6 Å². The predicted octanol–water partition coefficient (Wildman–Crippen LogP) is 4.51. The molecule has 4 aliphatic carbocycles. The number of benzene rings is 1. The van der Waals surface area contributed by atoms with Crippen molar-refractivity contribution in [2.24, 2.45) is 23.2 Å². The maximum absolute atomic E-state index is 13.2. The van der Waals surface area contributed by atoms with Gasteiger partial charge in [-0.25, -0.2) is 0 Å². The Balaban J connectivity index is 0.00000259. The molecular weight excluding hydrogens is 434 g/mol. The zero-order valence-electron chi connectivity index (χ0n) is 19.5. The van der Waals surface area contributed by atoms with Crippen LogP contribution in [0.4, 0.5) is 0 Å². The first-order valence-electron chi connectivity index (χ1n) is 12.6. The minimum absolute atomic E-state index is 0. The SMILES string of the molecule is Cl.O=C(NCC12CC3CC(CC(C3)C1)C2)c1cccc2nc(CCCNCCCO)ccc12. The first-order valence-corrected chi connectivity index (χ1v) is 12.6. The number of fused-ring (bicyclic) bond motifs is 1. The number of amides is 1. The van der Waals surface area contributed by atoms with Crippen molar-refractivity contribution in [2.75, 3.05) is 26.2 Å². The summed E-state index contributed by atoms with van der Waals surface area (Å²) in [5, 5.41) is 16.4. The molecular formula is C27H38ClN3O2. The molecule has 0 unspecified atom stereocenters. The fraction of sp³-hybridized carbons (Fsp3) is 0.630. The number of rotatable bonds is 10. The van der Waals surface area contributed by atoms with Crippen LogP contribution in [0.25, 0.3) is 10.9 Å². The van der Waals surface area contributed by atoms with E-state index in [0.717, 1.165) is 78.8 Å². The molecule has 1 heterocycles. The van der Waals surface area contributed by atoms with Crippen LogP contribution in [-0.4, -0.2) is 42.2 Å². The summed E-state index contributed by atoms with van der Waals surface area (Å²) in [7, 11) is 0. The van der Waals surface area contributed by atoms with Crippen LogP contribution in [0.3, 0.4) is 0 Å². The van der Waals surface area contributed by atoms with Crippen LogP contribution in [0.5, 0.6) is 0 Å². The second-order valence-corrected chi connectivity index (χ2v) is 10.7. The molecule has 2 aromatic rings. The van der Waals surface area contributed by atoms with Gasteiger partial charge in [0.05, 0.1) is 5.52 Å². The molecule has 0 saturated heterocycles. The molecule has 4 aliphatic rings. The summed E-state index contributed by atoms with van der Waals surface area (Å²) in [4.78, 5) is 18.0. The lowest BCUT2D eigenvalue weighted by molar-refractivity contribution is -0.0503. The molecule has 180 valence electrons. The van der Waals surface area contributed by atoms with Gasteiger partial charge in [-0.2, -0.15) is 0 Å². The van der Waals surface area contributed by atoms with Gasteiger partial charge in [-0.3, -0.25) is 9.78 Å². The highest BCUT2D eigenvalue weighted by molar-refractivity contribution is 6.06. The number of nitrogens with one attached hydrogen (secondary N) is 2. The number of halogens is 1. The van der Waals surface area contributed by atoms with Crippen LogP contribution in [0.1, 0.15) is 67.4 Å². The monoisotopic (exact) mass is 471 g/mol. The Morgan fingerprint density at radius 3 is 2.39 bits per heavy atom. The minimum atomic E-state index is 0. The third-order valence-corrected chi connectivity index (χ3v) is 8.12. The van der Waals surface area contributed by atoms with Crippen molar-refractivity contribution in [3.8, 4) is 0 Å². The number of aliphatic hydroxyl groups excluding tert-OH is 1. The quantitative estimate of drug-likeness (QED) is 0.446. The second kappa shape index (κ2) is 10.7. The van der Waals surface area contributed by atoms with Crippen LogP contribution in [0.15, 0.2) is 30.3 Å². The molecule has 33 heavy (non-hydrogen) atoms. The number of aromatic nitrogens is 1. The molecule has 1 aromatic heterocycles. The lowest BCUT2D eigenvalue weighted by Gasteiger charge is -2.56. The summed E-state index contributed by atoms with van der Waals surface area (Å²) < 4.78 is 0. The Morgan fingerprint density at radius 2 is 1.70 bits per heavy atom. The predicted molar refractivity (Wildman–Crippen MR) is 135 cm³/mol. The number of carbonyl (C=O) groups excluding carboxylic acids is 1. The van der Waals surface area contributed by atoms with E-state index in [0.29, 0.717) is 5.41 Å². The lowest BCUT2D eigenvalue weighted by Crippen LogP contribution is -2.51. The molecule has 6 rings (SSSR count). The zero-order valence-corrected chi connectivity index (χ0v) is 20.3. The van der Waals surface area contributed by atoms with Crippen molar-refractivity contribution in [3.05, 3.63) is 41.6 Å². The second-order valence-electron chi connectivity index (χ2n) is 10.7. The maximum atomic E-state index is 13.2. The molecule has 1 amide bonds. The molecule has 3 N–H and O–H groups in total. The van der Waals surface area contributed by atoms with Crippen molar-refractivity contribution in [1.29, 1.82) is 0 Å². The van der Waals surface area contributed by atoms with E-state index in [1.54, 1.807) is 0 Å². The third-order valence-electron chi connectivity index (χ3n) is 8.12. The minimum Gasteiger partial charge on any atom is -0.396 e. The summed E-state index contributed by atoms with van der Waals surface area (Å²) in [6.07, 6.45) is 11.0. The zero-order chi connectivity index (χ0) is 22.0. The Morgan fingerprint density at radius 1 is 1.00 bits per heavy atom. The van der Waals surface area contributed by atoms with E-state index in [2.05, 4.69) is 22.8 Å². The van der Waals surface area contributed by atoms with Crippen LogP contribution in [0, 0.1) is 23.2 Å². The first-order chi connectivity index (χ1) is 15.6. The maximum Gasteiger partial charge on any atom is 0.251 e. The summed E-state index contributed by atoms with van der Waals surface area (Å²) >= 11 is 0. The number of hydrogen-bond donors (Lipinski definition) is 3. The molecule has 0 atom stereocenters. The van der Waals surface area contributed by atoms with Crippen molar-refractivity contribution >= 4 is 29.2 Å². The van der Waals surface area contributed by atoms with Gasteiger partial charge in [-0.1, -0.05) is 12.1 Å². The number of aryl methyl sites for hydroxylation is 1. The van der Waals surface area contributed by atoms with Gasteiger partial charge in [0.15, 0.2) is 0 Å². The third kappa shape index (κ3) is 5.52. The van der Waals surface area contributed by atoms with E-state index >= 15 is 0 Å². The topological polar surface area (TPSA) is 74.2 Å². The van der Waals surface area contributed by atoms with Crippen LogP contribution in [-0.2, 0) is 6.42 Å². The molecule has 1 aromatic carbocycles. The van der Waals surface area contributed by atoms with Crippen molar-refractivity contribution in [2.45, 2.75) is 57.8 Å². The summed E-state index contributed by atoms with van der Waals surface area (Å²) in [5.41, 5.74) is 3.06. The molecule has 0 radical (unpaired) electrons. The van der Waals surface area contributed by atoms with E-state index in [1.807, 2.05) is 18.2 Å². The molecule has 0 spiro atoms. The standard InChI is InChI=1S/C27H37N3O2.ClH/c31-11-3-10-28-9-2-4-22-7-8-23-24(5-1-6-25(23)30-22)26(32)29-18-27-15-19-12-20(16-27)14-21(13-19)17-27;/h1,5-8,19-21,28,31H,2-4,9-18H2,(H,29,32);1H. The number of aliphatic hydroxyl groups is 1. The van der Waals surface area contributed by atoms with Crippen molar-refractivity contribution in [3.63, 3.8) is 0 Å². The number of nitrogens with zero attached hydrogens (tertiary/aromatic N) is 1. The Hall–Kier alpha value is -1.69. The van der Waals surface area contributed by atoms with Gasteiger partial charge in [-0.15, -0.1) is 12.4 Å². The van der Waals surface area contributed by atoms with E-state index in [1.165, 1.54) is 38.5 Å². The van der Waals surface area contributed by atoms with Crippen molar-refractivity contribution < 1.29 is 9.90 Å². The molecule has 5 nitrogen and oxygen atoms in total. The Bertz CT molecular complexity index is 928. The normalized spacial score (nSPS) is 27.5. The van der Waals surface area contributed by atoms with Gasteiger partial charge in [0.2, 0.25) is 0 Å². The summed E-state index contributed by atoms with van der Waals surface area (Å²) in [6, 6.07) is 10.0. The van der Waals surface area contributed by atoms with E-state index in [-0.39, 0.29) is 24.9 Å². The highest BCUT2D eigenvalue weighted by Gasteiger charge is 2.50. The smallest absolute Gasteiger partial charge is 0.251 e. The Labute approximate surface area is 203 Å². The van der Waals surface area contributed by atoms with Gasteiger partial charge in [0.1, 0.15) is 0 Å². The Kier molecular flexibility index (Phi) is 7.93. The number of hydrogen-bond acceptors (Lipinski definition) is 4. The van der Waals surface area contributed by atoms with E-state index in [9.17, 15) is 4.79 Å². The van der Waals surface area contributed by atoms with Gasteiger partial charge in [0.25, 0.3) is 5.91 Å². The van der Waals surface area contributed by atoms with Gasteiger partial charge < -0.3 is 15.7 Å². The average Bonchev–Trinajstić information content (AvgIpc) is 2.78.